The molecule has 4 aromatic rings. The summed E-state index contributed by atoms with van der Waals surface area (Å²) in [6, 6.07) is 25.9. The fourth-order valence-electron chi connectivity index (χ4n) is 5.67. The van der Waals surface area contributed by atoms with Crippen LogP contribution in [0.4, 0.5) is 17.1 Å². The Bertz CT molecular complexity index is 1940. The van der Waals surface area contributed by atoms with Crippen molar-refractivity contribution >= 4 is 30.8 Å². The number of allylic oxidation sites excluding steroid dienone is 5. The molecule has 0 bridgehead atoms. The Hall–Kier alpha value is -5.08. The van der Waals surface area contributed by atoms with Gasteiger partial charge in [-0.2, -0.15) is 0 Å². The minimum Gasteiger partial charge on any atom is -0.508 e. The van der Waals surface area contributed by atoms with Crippen LogP contribution in [-0.2, 0) is 26.8 Å². The van der Waals surface area contributed by atoms with E-state index in [1.807, 2.05) is 73.7 Å². The second-order valence-electron chi connectivity index (χ2n) is 13.1. The van der Waals surface area contributed by atoms with E-state index in [4.69, 9.17) is 13.6 Å². The van der Waals surface area contributed by atoms with Gasteiger partial charge >= 0.3 is 7.82 Å². The lowest BCUT2D eigenvalue weighted by atomic mass is 10.1. The van der Waals surface area contributed by atoms with Gasteiger partial charge in [-0.1, -0.05) is 102 Å². The first-order chi connectivity index (χ1) is 25.0. The first-order valence-corrected chi connectivity index (χ1v) is 18.9. The van der Waals surface area contributed by atoms with E-state index in [2.05, 4.69) is 38.2 Å². The smallest absolute Gasteiger partial charge is 0.508 e. The van der Waals surface area contributed by atoms with Crippen LogP contribution in [0.2, 0.25) is 0 Å². The number of fused-ring (bicyclic) bond motifs is 2. The van der Waals surface area contributed by atoms with Crippen LogP contribution in [-0.4, -0.2) is 22.7 Å². The van der Waals surface area contributed by atoms with Gasteiger partial charge in [-0.3, -0.25) is 13.8 Å². The maximum atomic E-state index is 14.3. The summed E-state index contributed by atoms with van der Waals surface area (Å²) < 4.78 is 32.1. The quantitative estimate of drug-likeness (QED) is 0.0453. The van der Waals surface area contributed by atoms with E-state index in [1.54, 1.807) is 18.2 Å². The summed E-state index contributed by atoms with van der Waals surface area (Å²) in [5.74, 6) is -0.885. The average Bonchev–Trinajstić information content (AvgIpc) is 3.24. The standard InChI is InChI=1S/C42H47N2O7P/c1-30(2)14-11-15-31(3)16-12-17-32(4)24-25-44-37-26-35(45)27-38(46)41(37)43-40-36(42(44)47)22-13-23-39(40)51-52(48,49-28-33-18-7-5-8-19-33)50-29-34-20-9-6-10-21-34/h5-10,13-14,16,18-24,26-27,43,45-46H,11-12,15,17,25,28-29H2,1-4H3. The molecule has 1 aliphatic heterocycles. The van der Waals surface area contributed by atoms with Crippen molar-refractivity contribution in [3.63, 3.8) is 0 Å². The molecule has 10 heteroatoms. The van der Waals surface area contributed by atoms with Crippen molar-refractivity contribution in [2.75, 3.05) is 16.8 Å². The first kappa shape index (κ1) is 38.2. The lowest BCUT2D eigenvalue weighted by molar-refractivity contribution is 0.0990. The summed E-state index contributed by atoms with van der Waals surface area (Å²) >= 11 is 0. The van der Waals surface area contributed by atoms with Gasteiger partial charge in [0.25, 0.3) is 5.91 Å². The highest BCUT2D eigenvalue weighted by Crippen LogP contribution is 2.54. The molecule has 5 rings (SSSR count). The van der Waals surface area contributed by atoms with Crippen molar-refractivity contribution < 1.29 is 33.1 Å². The molecule has 3 N–H and O–H groups in total. The molecule has 1 amide bonds. The van der Waals surface area contributed by atoms with Crippen molar-refractivity contribution in [2.24, 2.45) is 0 Å². The number of phenols is 2. The molecule has 0 atom stereocenters. The zero-order valence-corrected chi connectivity index (χ0v) is 31.1. The highest BCUT2D eigenvalue weighted by atomic mass is 31.2. The van der Waals surface area contributed by atoms with Gasteiger partial charge in [-0.25, -0.2) is 4.57 Å². The third kappa shape index (κ3) is 10.5. The number of nitrogens with zero attached hydrogens (tertiary/aromatic N) is 1. The number of carbonyl (C=O) groups is 1. The van der Waals surface area contributed by atoms with Crippen molar-refractivity contribution in [1.29, 1.82) is 0 Å². The molecule has 0 fully saturated rings. The Morgan fingerprint density at radius 2 is 1.35 bits per heavy atom. The molecule has 0 saturated carbocycles. The van der Waals surface area contributed by atoms with Crippen LogP contribution >= 0.6 is 7.82 Å². The Kier molecular flexibility index (Phi) is 13.1. The van der Waals surface area contributed by atoms with Gasteiger partial charge in [-0.05, 0) is 76.6 Å². The van der Waals surface area contributed by atoms with Crippen molar-refractivity contribution in [3.8, 4) is 17.2 Å². The molecule has 1 heterocycles. The minimum absolute atomic E-state index is 0.0223. The molecule has 9 nitrogen and oxygen atoms in total. The van der Waals surface area contributed by atoms with Gasteiger partial charge in [-0.15, -0.1) is 0 Å². The predicted octanol–water partition coefficient (Wildman–Crippen LogP) is 11.1. The number of phosphoric ester groups is 1. The largest absolute Gasteiger partial charge is 0.530 e. The molecule has 4 aromatic carbocycles. The van der Waals surface area contributed by atoms with Crippen LogP contribution in [0.15, 0.2) is 126 Å². The van der Waals surface area contributed by atoms with Gasteiger partial charge in [0.05, 0.1) is 30.2 Å². The van der Waals surface area contributed by atoms with E-state index >= 15 is 0 Å². The van der Waals surface area contributed by atoms with Crippen LogP contribution in [0, 0.1) is 0 Å². The van der Waals surface area contributed by atoms with Gasteiger partial charge in [0.15, 0.2) is 5.75 Å². The van der Waals surface area contributed by atoms with Gasteiger partial charge in [0.1, 0.15) is 17.2 Å². The van der Waals surface area contributed by atoms with Crippen LogP contribution in [0.25, 0.3) is 0 Å². The summed E-state index contributed by atoms with van der Waals surface area (Å²) in [6.07, 6.45) is 10.2. The number of hydrogen-bond acceptors (Lipinski definition) is 8. The average molecular weight is 723 g/mol. The summed E-state index contributed by atoms with van der Waals surface area (Å²) in [4.78, 5) is 15.8. The van der Waals surface area contributed by atoms with Crippen molar-refractivity contribution in [3.05, 3.63) is 143 Å². The molecule has 0 spiro atoms. The van der Waals surface area contributed by atoms with Gasteiger partial charge < -0.3 is 25.0 Å². The lowest BCUT2D eigenvalue weighted by Gasteiger charge is -2.22. The summed E-state index contributed by atoms with van der Waals surface area (Å²) in [6.45, 7) is 8.45. The zero-order valence-electron chi connectivity index (χ0n) is 30.2. The molecular formula is C42H47N2O7P. The maximum absolute atomic E-state index is 14.3. The Morgan fingerprint density at radius 1 is 0.750 bits per heavy atom. The van der Waals surface area contributed by atoms with E-state index in [-0.39, 0.29) is 59.6 Å². The summed E-state index contributed by atoms with van der Waals surface area (Å²) in [5, 5.41) is 24.7. The first-order valence-electron chi connectivity index (χ1n) is 17.4. The van der Waals surface area contributed by atoms with E-state index in [1.165, 1.54) is 28.2 Å². The highest BCUT2D eigenvalue weighted by Gasteiger charge is 2.35. The van der Waals surface area contributed by atoms with Crippen molar-refractivity contribution in [2.45, 2.75) is 66.6 Å². The second-order valence-corrected chi connectivity index (χ2v) is 14.7. The van der Waals surface area contributed by atoms with Crippen LogP contribution < -0.4 is 14.7 Å². The van der Waals surface area contributed by atoms with E-state index in [0.717, 1.165) is 42.4 Å². The van der Waals surface area contributed by atoms with Gasteiger partial charge in [0.2, 0.25) is 0 Å². The topological polar surface area (TPSA) is 118 Å². The third-order valence-corrected chi connectivity index (χ3v) is 9.85. The molecule has 0 radical (unpaired) electrons. The summed E-state index contributed by atoms with van der Waals surface area (Å²) in [7, 11) is -4.31. The monoisotopic (exact) mass is 722 g/mol. The number of anilines is 3. The third-order valence-electron chi connectivity index (χ3n) is 8.54. The highest BCUT2D eigenvalue weighted by molar-refractivity contribution is 7.48. The Balaban J connectivity index is 1.42. The minimum atomic E-state index is -4.31. The SMILES string of the molecule is CC(C)=CCCC(C)=CCCC(C)=CCN1C(=O)c2cccc(OP(=O)(OCc3ccccc3)OCc3ccccc3)c2Nc2c(O)cc(O)cc21. The molecular weight excluding hydrogens is 675 g/mol. The normalized spacial score (nSPS) is 13.2. The van der Waals surface area contributed by atoms with E-state index in [9.17, 15) is 19.6 Å². The molecule has 1 aliphatic rings. The molecule has 0 aliphatic carbocycles. The number of phosphoric acid groups is 1. The van der Waals surface area contributed by atoms with Gasteiger partial charge in [0, 0.05) is 18.7 Å². The number of aromatic hydroxyl groups is 2. The maximum Gasteiger partial charge on any atom is 0.530 e. The molecule has 0 unspecified atom stereocenters. The number of nitrogens with one attached hydrogen (secondary N) is 1. The summed E-state index contributed by atoms with van der Waals surface area (Å²) in [5.41, 5.74) is 6.09. The van der Waals surface area contributed by atoms with Crippen LogP contribution in [0.5, 0.6) is 17.2 Å². The molecule has 52 heavy (non-hydrogen) atoms. The number of benzene rings is 4. The molecule has 0 saturated heterocycles. The Labute approximate surface area is 306 Å². The number of para-hydroxylation sites is 1. The van der Waals surface area contributed by atoms with Crippen molar-refractivity contribution in [1.82, 2.24) is 0 Å². The zero-order chi connectivity index (χ0) is 37.1. The van der Waals surface area contributed by atoms with Crippen LogP contribution in [0.3, 0.4) is 0 Å². The second kappa shape index (κ2) is 17.9. The fraction of sp³-hybridized carbons (Fsp3) is 0.262. The van der Waals surface area contributed by atoms with E-state index in [0.29, 0.717) is 0 Å². The number of rotatable bonds is 16. The Morgan fingerprint density at radius 3 is 1.96 bits per heavy atom. The van der Waals surface area contributed by atoms with Crippen LogP contribution in [0.1, 0.15) is 74.9 Å². The fourth-order valence-corrected chi connectivity index (χ4v) is 6.85. The molecule has 0 aromatic heterocycles. The molecule has 272 valence electrons. The van der Waals surface area contributed by atoms with E-state index < -0.39 is 13.7 Å². The number of amides is 1. The number of hydrogen-bond donors (Lipinski definition) is 3. The number of phenolic OH excluding ortho intramolecular Hbond substituents is 2. The number of carbonyl (C=O) groups excluding carboxylic acids is 1. The lowest BCUT2D eigenvalue weighted by Crippen LogP contribution is -2.30. The predicted molar refractivity (Wildman–Crippen MR) is 207 cm³/mol.